The van der Waals surface area contributed by atoms with Crippen molar-refractivity contribution in [2.45, 2.75) is 24.9 Å². The second-order valence-corrected chi connectivity index (χ2v) is 4.04. The van der Waals surface area contributed by atoms with Crippen molar-refractivity contribution in [3.63, 3.8) is 0 Å². The third kappa shape index (κ3) is 2.47. The molecule has 4 atom stereocenters. The first kappa shape index (κ1) is 12.4. The zero-order chi connectivity index (χ0) is 12.4. The maximum absolute atomic E-state index is 11.6. The zero-order valence-electron chi connectivity index (χ0n) is 9.02. The van der Waals surface area contributed by atoms with Gasteiger partial charge in [-0.3, -0.25) is 4.57 Å². The average molecular weight is 259 g/mol. The van der Waals surface area contributed by atoms with Crippen LogP contribution in [-0.2, 0) is 9.26 Å². The van der Waals surface area contributed by atoms with E-state index in [0.29, 0.717) is 6.42 Å². The number of hydrogen-bond donors (Lipinski definition) is 2. The number of aliphatic hydroxyl groups excluding tert-OH is 1. The largest absolute Gasteiger partial charge is 0.394 e. The molecule has 1 aromatic heterocycles. The molecule has 94 valence electrons. The van der Waals surface area contributed by atoms with Gasteiger partial charge >= 0.3 is 5.69 Å². The Hall–Kier alpha value is -1.01. The van der Waals surface area contributed by atoms with E-state index in [1.165, 1.54) is 16.8 Å². The summed E-state index contributed by atoms with van der Waals surface area (Å²) in [7, 11) is 2.14. The second-order valence-electron chi connectivity index (χ2n) is 3.76. The normalized spacial score (nSPS) is 28.5. The lowest BCUT2D eigenvalue weighted by Gasteiger charge is -2.14. The average Bonchev–Trinajstić information content (AvgIpc) is 2.72. The maximum Gasteiger partial charge on any atom is 0.351 e. The van der Waals surface area contributed by atoms with E-state index in [1.807, 2.05) is 0 Å². The summed E-state index contributed by atoms with van der Waals surface area (Å²) in [6, 6.07) is 1.52. The highest BCUT2D eigenvalue weighted by molar-refractivity contribution is 7.09. The van der Waals surface area contributed by atoms with Gasteiger partial charge in [0.15, 0.2) is 0 Å². The fourth-order valence-electron chi connectivity index (χ4n) is 1.82. The number of nitrogens with two attached hydrogens (primary N) is 1. The molecule has 0 saturated carbocycles. The third-order valence-corrected chi connectivity index (χ3v) is 3.05. The van der Waals surface area contributed by atoms with Gasteiger partial charge in [0, 0.05) is 22.1 Å². The monoisotopic (exact) mass is 259 g/mol. The summed E-state index contributed by atoms with van der Waals surface area (Å²) in [6.45, 7) is -0.160. The molecule has 8 heteroatoms. The number of aliphatic hydroxyl groups is 1. The van der Waals surface area contributed by atoms with Crippen molar-refractivity contribution in [1.82, 2.24) is 9.55 Å². The first-order valence-corrected chi connectivity index (χ1v) is 5.59. The molecule has 3 N–H and O–H groups in total. The van der Waals surface area contributed by atoms with Gasteiger partial charge in [-0.15, -0.1) is 0 Å². The van der Waals surface area contributed by atoms with Gasteiger partial charge in [0.05, 0.1) is 12.7 Å². The molecular formula is C9H14N3O4P. The van der Waals surface area contributed by atoms with Gasteiger partial charge in [-0.2, -0.15) is 4.98 Å². The van der Waals surface area contributed by atoms with E-state index in [0.717, 1.165) is 0 Å². The van der Waals surface area contributed by atoms with Gasteiger partial charge in [0.2, 0.25) is 0 Å². The number of hydrogen-bond acceptors (Lipinski definition) is 6. The van der Waals surface area contributed by atoms with Crippen molar-refractivity contribution in [2.24, 2.45) is 0 Å². The molecule has 2 unspecified atom stereocenters. The van der Waals surface area contributed by atoms with Gasteiger partial charge in [-0.25, -0.2) is 4.79 Å². The van der Waals surface area contributed by atoms with Gasteiger partial charge < -0.3 is 20.1 Å². The summed E-state index contributed by atoms with van der Waals surface area (Å²) in [6.07, 6.45) is 0.801. The van der Waals surface area contributed by atoms with Crippen molar-refractivity contribution in [2.75, 3.05) is 12.3 Å². The Labute approximate surface area is 99.8 Å². The van der Waals surface area contributed by atoms with Gasteiger partial charge in [0.1, 0.15) is 18.1 Å². The van der Waals surface area contributed by atoms with Gasteiger partial charge in [0.25, 0.3) is 0 Å². The molecule has 1 saturated heterocycles. The molecule has 1 aliphatic rings. The lowest BCUT2D eigenvalue weighted by molar-refractivity contribution is -0.0401. The van der Waals surface area contributed by atoms with Crippen LogP contribution in [0.5, 0.6) is 0 Å². The Kier molecular flexibility index (Phi) is 3.73. The van der Waals surface area contributed by atoms with E-state index in [9.17, 15) is 4.79 Å². The molecule has 0 bridgehead atoms. The van der Waals surface area contributed by atoms with Crippen LogP contribution in [0, 0.1) is 0 Å². The molecule has 1 aliphatic heterocycles. The molecule has 0 aromatic carbocycles. The van der Waals surface area contributed by atoms with Crippen LogP contribution >= 0.6 is 9.47 Å². The Morgan fingerprint density at radius 1 is 1.76 bits per heavy atom. The van der Waals surface area contributed by atoms with Crippen LogP contribution in [0.3, 0.4) is 0 Å². The lowest BCUT2D eigenvalue weighted by atomic mass is 10.2. The third-order valence-electron chi connectivity index (χ3n) is 2.70. The van der Waals surface area contributed by atoms with E-state index in [-0.39, 0.29) is 18.5 Å². The van der Waals surface area contributed by atoms with Crippen LogP contribution in [0.2, 0.25) is 0 Å². The number of anilines is 1. The minimum atomic E-state index is -0.488. The van der Waals surface area contributed by atoms with Crippen LogP contribution in [0.1, 0.15) is 12.6 Å². The molecule has 0 radical (unpaired) electrons. The Morgan fingerprint density at radius 3 is 3.06 bits per heavy atom. The minimum absolute atomic E-state index is 0.160. The van der Waals surface area contributed by atoms with Crippen molar-refractivity contribution in [3.8, 4) is 0 Å². The lowest BCUT2D eigenvalue weighted by Crippen LogP contribution is -2.28. The van der Waals surface area contributed by atoms with Crippen molar-refractivity contribution in [1.29, 1.82) is 0 Å². The molecule has 2 rings (SSSR count). The number of nitrogen functional groups attached to an aromatic ring is 1. The molecule has 7 nitrogen and oxygen atoms in total. The quantitative estimate of drug-likeness (QED) is 0.695. The summed E-state index contributed by atoms with van der Waals surface area (Å²) >= 11 is 0. The summed E-state index contributed by atoms with van der Waals surface area (Å²) in [4.78, 5) is 15.2. The molecule has 0 spiro atoms. The Balaban J connectivity index is 2.22. The first-order valence-electron chi connectivity index (χ1n) is 5.12. The van der Waals surface area contributed by atoms with Crippen LogP contribution in [-0.4, -0.2) is 33.5 Å². The van der Waals surface area contributed by atoms with Crippen LogP contribution < -0.4 is 11.4 Å². The standard InChI is InChI=1S/C9H14N3O4P/c10-7-1-2-12(9(14)11-7)8-3-5(16-17)6(4-13)15-8/h1-2,5-6,8,13H,3-4,17H2,(H2,10,11,14)/t5?,6-,8-/m1/s1. The van der Waals surface area contributed by atoms with Crippen LogP contribution in [0.15, 0.2) is 17.1 Å². The number of nitrogens with zero attached hydrogens (tertiary/aromatic N) is 2. The molecule has 2 heterocycles. The van der Waals surface area contributed by atoms with Crippen molar-refractivity contribution < 1.29 is 14.4 Å². The van der Waals surface area contributed by atoms with Gasteiger partial charge in [-0.05, 0) is 6.07 Å². The highest BCUT2D eigenvalue weighted by Gasteiger charge is 2.36. The number of aromatic nitrogens is 2. The fraction of sp³-hybridized carbons (Fsp3) is 0.556. The molecule has 1 fully saturated rings. The molecule has 0 amide bonds. The van der Waals surface area contributed by atoms with Crippen LogP contribution in [0.4, 0.5) is 5.82 Å². The Morgan fingerprint density at radius 2 is 2.53 bits per heavy atom. The smallest absolute Gasteiger partial charge is 0.351 e. The molecular weight excluding hydrogens is 245 g/mol. The fourth-order valence-corrected chi connectivity index (χ4v) is 2.11. The zero-order valence-corrected chi connectivity index (χ0v) is 10.2. The highest BCUT2D eigenvalue weighted by Crippen LogP contribution is 2.30. The molecule has 0 aliphatic carbocycles. The summed E-state index contributed by atoms with van der Waals surface area (Å²) in [5.74, 6) is 0.168. The summed E-state index contributed by atoms with van der Waals surface area (Å²) in [5.41, 5.74) is 4.92. The number of ether oxygens (including phenoxy) is 1. The summed E-state index contributed by atoms with van der Waals surface area (Å²) < 4.78 is 12.0. The van der Waals surface area contributed by atoms with Crippen LogP contribution in [0.25, 0.3) is 0 Å². The highest BCUT2D eigenvalue weighted by atomic mass is 31.0. The molecule has 17 heavy (non-hydrogen) atoms. The first-order chi connectivity index (χ1) is 8.15. The topological polar surface area (TPSA) is 99.6 Å². The van der Waals surface area contributed by atoms with Gasteiger partial charge in [-0.1, -0.05) is 0 Å². The summed E-state index contributed by atoms with van der Waals surface area (Å²) in [5, 5.41) is 9.11. The van der Waals surface area contributed by atoms with E-state index >= 15 is 0 Å². The maximum atomic E-state index is 11.6. The van der Waals surface area contributed by atoms with Crippen molar-refractivity contribution in [3.05, 3.63) is 22.7 Å². The SMILES string of the molecule is Nc1ccn([C@H]2CC(OP)[C@@H](CO)O2)c(=O)n1. The minimum Gasteiger partial charge on any atom is -0.394 e. The van der Waals surface area contributed by atoms with E-state index in [2.05, 4.69) is 14.5 Å². The van der Waals surface area contributed by atoms with Crippen molar-refractivity contribution >= 4 is 15.3 Å². The van der Waals surface area contributed by atoms with E-state index in [4.69, 9.17) is 20.1 Å². The Bertz CT molecular complexity index is 440. The predicted molar refractivity (Wildman–Crippen MR) is 63.1 cm³/mol. The number of rotatable bonds is 3. The molecule has 1 aromatic rings. The van der Waals surface area contributed by atoms with E-state index < -0.39 is 18.0 Å². The predicted octanol–water partition coefficient (Wildman–Crippen LogP) is -0.719. The second kappa shape index (κ2) is 5.10. The van der Waals surface area contributed by atoms with E-state index in [1.54, 1.807) is 0 Å².